The molecule has 0 amide bonds. The SMILES string of the molecule is COc1ccc(S(=O)(=O)N2CCN([C@H]3C[C@H]4CC[C@@H]3C4)CC2)cc1. The number of nitrogens with zero attached hydrogens (tertiary/aromatic N) is 2. The Labute approximate surface area is 144 Å². The zero-order chi connectivity index (χ0) is 16.7. The van der Waals surface area contributed by atoms with Crippen molar-refractivity contribution in [1.82, 2.24) is 9.21 Å². The van der Waals surface area contributed by atoms with Gasteiger partial charge < -0.3 is 4.74 Å². The van der Waals surface area contributed by atoms with E-state index >= 15 is 0 Å². The summed E-state index contributed by atoms with van der Waals surface area (Å²) in [5, 5.41) is 0. The van der Waals surface area contributed by atoms with Crippen LogP contribution in [-0.4, -0.2) is 57.0 Å². The lowest BCUT2D eigenvalue weighted by Crippen LogP contribution is -2.53. The highest BCUT2D eigenvalue weighted by Gasteiger charge is 2.43. The maximum absolute atomic E-state index is 12.8. The predicted octanol–water partition coefficient (Wildman–Crippen LogP) is 2.19. The first-order valence-corrected chi connectivity index (χ1v) is 10.4. The van der Waals surface area contributed by atoms with Gasteiger partial charge in [-0.2, -0.15) is 4.31 Å². The highest BCUT2D eigenvalue weighted by Crippen LogP contribution is 2.46. The molecule has 0 N–H and O–H groups in total. The minimum Gasteiger partial charge on any atom is -0.497 e. The number of fused-ring (bicyclic) bond motifs is 2. The van der Waals surface area contributed by atoms with Gasteiger partial charge in [0.15, 0.2) is 0 Å². The van der Waals surface area contributed by atoms with Crippen molar-refractivity contribution in [3.8, 4) is 5.75 Å². The van der Waals surface area contributed by atoms with Crippen molar-refractivity contribution in [2.75, 3.05) is 33.3 Å². The molecule has 1 aromatic carbocycles. The molecule has 3 atom stereocenters. The van der Waals surface area contributed by atoms with Gasteiger partial charge in [-0.1, -0.05) is 6.42 Å². The molecular formula is C18H26N2O3S. The van der Waals surface area contributed by atoms with Gasteiger partial charge in [-0.25, -0.2) is 8.42 Å². The zero-order valence-electron chi connectivity index (χ0n) is 14.2. The van der Waals surface area contributed by atoms with E-state index in [9.17, 15) is 8.42 Å². The van der Waals surface area contributed by atoms with Crippen molar-refractivity contribution in [2.45, 2.75) is 36.6 Å². The van der Waals surface area contributed by atoms with Crippen LogP contribution in [0.4, 0.5) is 0 Å². The molecule has 3 fully saturated rings. The summed E-state index contributed by atoms with van der Waals surface area (Å²) in [6.07, 6.45) is 5.51. The van der Waals surface area contributed by atoms with E-state index in [-0.39, 0.29) is 0 Å². The summed E-state index contributed by atoms with van der Waals surface area (Å²) < 4.78 is 32.4. The fraction of sp³-hybridized carbons (Fsp3) is 0.667. The molecule has 2 bridgehead atoms. The van der Waals surface area contributed by atoms with E-state index in [1.54, 1.807) is 35.7 Å². The summed E-state index contributed by atoms with van der Waals surface area (Å²) in [6, 6.07) is 7.39. The Bertz CT molecular complexity index is 681. The molecule has 0 radical (unpaired) electrons. The first kappa shape index (κ1) is 16.4. The van der Waals surface area contributed by atoms with Crippen LogP contribution in [0, 0.1) is 11.8 Å². The summed E-state index contributed by atoms with van der Waals surface area (Å²) in [5.41, 5.74) is 0. The van der Waals surface area contributed by atoms with E-state index in [4.69, 9.17) is 4.74 Å². The smallest absolute Gasteiger partial charge is 0.243 e. The maximum Gasteiger partial charge on any atom is 0.243 e. The number of sulfonamides is 1. The molecular weight excluding hydrogens is 324 g/mol. The van der Waals surface area contributed by atoms with Gasteiger partial charge in [0.25, 0.3) is 0 Å². The van der Waals surface area contributed by atoms with Crippen molar-refractivity contribution in [3.05, 3.63) is 24.3 Å². The molecule has 1 aliphatic heterocycles. The van der Waals surface area contributed by atoms with Crippen molar-refractivity contribution in [3.63, 3.8) is 0 Å². The fourth-order valence-corrected chi connectivity index (χ4v) is 6.25. The molecule has 1 aromatic rings. The van der Waals surface area contributed by atoms with Crippen LogP contribution in [0.3, 0.4) is 0 Å². The van der Waals surface area contributed by atoms with Crippen molar-refractivity contribution >= 4 is 10.0 Å². The molecule has 4 rings (SSSR count). The zero-order valence-corrected chi connectivity index (χ0v) is 15.0. The van der Waals surface area contributed by atoms with E-state index in [2.05, 4.69) is 4.90 Å². The number of piperazine rings is 1. The first-order chi connectivity index (χ1) is 11.6. The normalized spacial score (nSPS) is 31.5. The third-order valence-electron chi connectivity index (χ3n) is 6.14. The monoisotopic (exact) mass is 350 g/mol. The Morgan fingerprint density at radius 3 is 2.25 bits per heavy atom. The van der Waals surface area contributed by atoms with E-state index < -0.39 is 10.0 Å². The molecule has 1 heterocycles. The topological polar surface area (TPSA) is 49.9 Å². The quantitative estimate of drug-likeness (QED) is 0.835. The Morgan fingerprint density at radius 2 is 1.71 bits per heavy atom. The number of ether oxygens (including phenoxy) is 1. The van der Waals surface area contributed by atoms with E-state index in [1.807, 2.05) is 0 Å². The number of hydrogen-bond donors (Lipinski definition) is 0. The molecule has 6 heteroatoms. The number of benzene rings is 1. The van der Waals surface area contributed by atoms with Gasteiger partial charge in [0.1, 0.15) is 5.75 Å². The average Bonchev–Trinajstić information content (AvgIpc) is 3.25. The molecule has 3 aliphatic rings. The van der Waals surface area contributed by atoms with Gasteiger partial charge in [0.05, 0.1) is 12.0 Å². The number of hydrogen-bond acceptors (Lipinski definition) is 4. The molecule has 0 spiro atoms. The number of methoxy groups -OCH3 is 1. The molecule has 0 aromatic heterocycles. The highest BCUT2D eigenvalue weighted by atomic mass is 32.2. The van der Waals surface area contributed by atoms with Crippen LogP contribution in [0.15, 0.2) is 29.2 Å². The van der Waals surface area contributed by atoms with Crippen LogP contribution in [0.2, 0.25) is 0 Å². The molecule has 5 nitrogen and oxygen atoms in total. The summed E-state index contributed by atoms with van der Waals surface area (Å²) in [5.74, 6) is 2.47. The third-order valence-corrected chi connectivity index (χ3v) is 8.05. The molecule has 1 saturated heterocycles. The minimum absolute atomic E-state index is 0.358. The van der Waals surface area contributed by atoms with Crippen molar-refractivity contribution < 1.29 is 13.2 Å². The lowest BCUT2D eigenvalue weighted by atomic mass is 9.93. The van der Waals surface area contributed by atoms with Gasteiger partial charge in [-0.05, 0) is 55.4 Å². The Hall–Kier alpha value is -1.11. The van der Waals surface area contributed by atoms with Gasteiger partial charge >= 0.3 is 0 Å². The van der Waals surface area contributed by atoms with Crippen LogP contribution >= 0.6 is 0 Å². The summed E-state index contributed by atoms with van der Waals surface area (Å²) in [7, 11) is -1.81. The Morgan fingerprint density at radius 1 is 1.00 bits per heavy atom. The lowest BCUT2D eigenvalue weighted by Gasteiger charge is -2.40. The summed E-state index contributed by atoms with van der Waals surface area (Å²) >= 11 is 0. The van der Waals surface area contributed by atoms with E-state index in [0.29, 0.717) is 29.8 Å². The fourth-order valence-electron chi connectivity index (χ4n) is 4.83. The molecule has 2 saturated carbocycles. The second-order valence-corrected chi connectivity index (χ2v) is 9.30. The Kier molecular flexibility index (Phi) is 4.31. The standard InChI is InChI=1S/C18H26N2O3S/c1-23-16-4-6-17(7-5-16)24(21,22)20-10-8-19(9-11-20)18-13-14-2-3-15(18)12-14/h4-7,14-15,18H,2-3,8-13H2,1H3/t14-,15+,18-/m0/s1. The third kappa shape index (κ3) is 2.85. The second kappa shape index (κ2) is 6.32. The van der Waals surface area contributed by atoms with E-state index in [1.165, 1.54) is 25.7 Å². The molecule has 0 unspecified atom stereocenters. The lowest BCUT2D eigenvalue weighted by molar-refractivity contribution is 0.101. The van der Waals surface area contributed by atoms with Gasteiger partial charge in [0, 0.05) is 32.2 Å². The average molecular weight is 350 g/mol. The minimum atomic E-state index is -3.39. The summed E-state index contributed by atoms with van der Waals surface area (Å²) in [4.78, 5) is 2.90. The highest BCUT2D eigenvalue weighted by molar-refractivity contribution is 7.89. The van der Waals surface area contributed by atoms with Crippen LogP contribution in [0.5, 0.6) is 5.75 Å². The van der Waals surface area contributed by atoms with Crippen molar-refractivity contribution in [2.24, 2.45) is 11.8 Å². The van der Waals surface area contributed by atoms with E-state index in [0.717, 1.165) is 24.9 Å². The van der Waals surface area contributed by atoms with Crippen LogP contribution < -0.4 is 4.74 Å². The largest absolute Gasteiger partial charge is 0.497 e. The van der Waals surface area contributed by atoms with Gasteiger partial charge in [0.2, 0.25) is 10.0 Å². The maximum atomic E-state index is 12.8. The van der Waals surface area contributed by atoms with Crippen LogP contribution in [-0.2, 0) is 10.0 Å². The molecule has 2 aliphatic carbocycles. The van der Waals surface area contributed by atoms with Gasteiger partial charge in [-0.15, -0.1) is 0 Å². The van der Waals surface area contributed by atoms with Crippen LogP contribution in [0.1, 0.15) is 25.7 Å². The van der Waals surface area contributed by atoms with Gasteiger partial charge in [-0.3, -0.25) is 4.90 Å². The van der Waals surface area contributed by atoms with Crippen molar-refractivity contribution in [1.29, 1.82) is 0 Å². The Balaban J connectivity index is 1.41. The second-order valence-electron chi connectivity index (χ2n) is 7.36. The number of rotatable bonds is 4. The molecule has 24 heavy (non-hydrogen) atoms. The molecule has 132 valence electrons. The van der Waals surface area contributed by atoms with Crippen LogP contribution in [0.25, 0.3) is 0 Å². The summed E-state index contributed by atoms with van der Waals surface area (Å²) in [6.45, 7) is 2.93. The predicted molar refractivity (Wildman–Crippen MR) is 92.6 cm³/mol. The first-order valence-electron chi connectivity index (χ1n) is 8.96.